The van der Waals surface area contributed by atoms with Gasteiger partial charge in [-0.15, -0.1) is 0 Å². The van der Waals surface area contributed by atoms with E-state index in [4.69, 9.17) is 18.9 Å². The van der Waals surface area contributed by atoms with E-state index in [2.05, 4.69) is 10.1 Å². The Labute approximate surface area is 169 Å². The summed E-state index contributed by atoms with van der Waals surface area (Å²) in [5.41, 5.74) is 1.04. The monoisotopic (exact) mass is 415 g/mol. The lowest BCUT2D eigenvalue weighted by Gasteiger charge is -2.20. The Bertz CT molecular complexity index is 1150. The van der Waals surface area contributed by atoms with E-state index in [0.29, 0.717) is 51.7 Å². The van der Waals surface area contributed by atoms with Crippen LogP contribution in [0.4, 0.5) is 0 Å². The third-order valence-corrected chi connectivity index (χ3v) is 4.90. The molecule has 1 aromatic carbocycles. The molecule has 10 heteroatoms. The molecule has 0 saturated carbocycles. The molecule has 0 unspecified atom stereocenters. The first-order valence-corrected chi connectivity index (χ1v) is 9.54. The van der Waals surface area contributed by atoms with E-state index in [1.54, 1.807) is 25.1 Å². The molecule has 2 aromatic heterocycles. The van der Waals surface area contributed by atoms with E-state index in [1.165, 1.54) is 35.1 Å². The summed E-state index contributed by atoms with van der Waals surface area (Å²) in [6.45, 7) is 2.58. The molecular weight excluding hydrogens is 398 g/mol. The van der Waals surface area contributed by atoms with Crippen molar-refractivity contribution in [1.29, 1.82) is 0 Å². The largest absolute Gasteiger partial charge is 0.493 e. The van der Waals surface area contributed by atoms with Crippen LogP contribution in [0, 0.1) is 6.92 Å². The van der Waals surface area contributed by atoms with Gasteiger partial charge in [-0.25, -0.2) is 9.78 Å². The highest BCUT2D eigenvalue weighted by Gasteiger charge is 2.18. The lowest BCUT2D eigenvalue weighted by Crippen LogP contribution is -2.16. The van der Waals surface area contributed by atoms with E-state index < -0.39 is 5.97 Å². The molecule has 1 aliphatic rings. The van der Waals surface area contributed by atoms with Crippen LogP contribution in [-0.4, -0.2) is 40.9 Å². The van der Waals surface area contributed by atoms with E-state index in [-0.39, 0.29) is 12.2 Å². The average Bonchev–Trinajstić information content (AvgIpc) is 3.13. The van der Waals surface area contributed by atoms with Crippen molar-refractivity contribution in [3.05, 3.63) is 50.9 Å². The highest BCUT2D eigenvalue weighted by Crippen LogP contribution is 2.40. The van der Waals surface area contributed by atoms with Crippen LogP contribution in [0.2, 0.25) is 0 Å². The van der Waals surface area contributed by atoms with E-state index in [9.17, 15) is 9.59 Å². The Balaban J connectivity index is 1.44. The van der Waals surface area contributed by atoms with Crippen LogP contribution in [-0.2, 0) is 16.1 Å². The number of benzene rings is 1. The van der Waals surface area contributed by atoms with Crippen molar-refractivity contribution in [2.75, 3.05) is 20.3 Å². The highest BCUT2D eigenvalue weighted by molar-refractivity contribution is 7.16. The summed E-state index contributed by atoms with van der Waals surface area (Å²) in [6, 6.07) is 4.90. The summed E-state index contributed by atoms with van der Waals surface area (Å²) < 4.78 is 22.8. The topological polar surface area (TPSA) is 101 Å². The molecule has 0 saturated heterocycles. The maximum atomic E-state index is 12.1. The number of rotatable bonds is 5. The number of aromatic nitrogens is 3. The Kier molecular flexibility index (Phi) is 5.17. The molecule has 1 aliphatic heterocycles. The number of nitrogens with zero attached hydrogens (tertiary/aromatic N) is 3. The molecule has 0 spiro atoms. The lowest BCUT2D eigenvalue weighted by atomic mass is 10.1. The molecule has 4 rings (SSSR count). The first kappa shape index (κ1) is 18.9. The van der Waals surface area contributed by atoms with Crippen molar-refractivity contribution in [2.24, 2.45) is 0 Å². The molecule has 0 bridgehead atoms. The normalized spacial score (nSPS) is 13.0. The molecule has 9 nitrogen and oxygen atoms in total. The van der Waals surface area contributed by atoms with Gasteiger partial charge in [0.05, 0.1) is 7.11 Å². The van der Waals surface area contributed by atoms with E-state index >= 15 is 0 Å². The number of hydrogen-bond acceptors (Lipinski definition) is 9. The van der Waals surface area contributed by atoms with Gasteiger partial charge < -0.3 is 18.9 Å². The van der Waals surface area contributed by atoms with E-state index in [0.717, 1.165) is 0 Å². The van der Waals surface area contributed by atoms with Crippen molar-refractivity contribution in [1.82, 2.24) is 14.6 Å². The van der Waals surface area contributed by atoms with Crippen LogP contribution in [0.25, 0.3) is 11.0 Å². The number of aryl methyl sites for hydroxylation is 1. The predicted molar refractivity (Wildman–Crippen MR) is 105 cm³/mol. The van der Waals surface area contributed by atoms with Gasteiger partial charge in [-0.1, -0.05) is 11.3 Å². The number of fused-ring (bicyclic) bond motifs is 2. The Morgan fingerprint density at radius 3 is 2.97 bits per heavy atom. The number of ether oxygens (including phenoxy) is 4. The fourth-order valence-corrected chi connectivity index (χ4v) is 3.61. The minimum atomic E-state index is -0.547. The second-order valence-corrected chi connectivity index (χ2v) is 7.15. The minimum Gasteiger partial charge on any atom is -0.493 e. The van der Waals surface area contributed by atoms with Gasteiger partial charge in [-0.3, -0.25) is 4.79 Å². The first-order chi connectivity index (χ1) is 14.0. The van der Waals surface area contributed by atoms with Gasteiger partial charge >= 0.3 is 5.97 Å². The zero-order valence-electron chi connectivity index (χ0n) is 15.7. The Hall–Kier alpha value is -3.40. The third kappa shape index (κ3) is 4.06. The van der Waals surface area contributed by atoms with Crippen LogP contribution in [0.3, 0.4) is 0 Å². The van der Waals surface area contributed by atoms with Gasteiger partial charge in [-0.2, -0.15) is 9.61 Å². The van der Waals surface area contributed by atoms with Crippen molar-refractivity contribution in [3.63, 3.8) is 0 Å². The van der Waals surface area contributed by atoms with Crippen LogP contribution < -0.4 is 19.8 Å². The molecule has 150 valence electrons. The summed E-state index contributed by atoms with van der Waals surface area (Å²) in [7, 11) is 1.54. The van der Waals surface area contributed by atoms with Crippen molar-refractivity contribution < 1.29 is 23.7 Å². The second kappa shape index (κ2) is 7.92. The van der Waals surface area contributed by atoms with Gasteiger partial charge in [0.25, 0.3) is 5.56 Å². The Morgan fingerprint density at radius 2 is 2.14 bits per heavy atom. The summed E-state index contributed by atoms with van der Waals surface area (Å²) in [6.07, 6.45) is 2.89. The zero-order chi connectivity index (χ0) is 20.4. The van der Waals surface area contributed by atoms with Crippen LogP contribution in [0.1, 0.15) is 16.3 Å². The van der Waals surface area contributed by atoms with Gasteiger partial charge in [0.15, 0.2) is 16.5 Å². The fraction of sp³-hybridized carbons (Fsp3) is 0.263. The van der Waals surface area contributed by atoms with Gasteiger partial charge in [0.2, 0.25) is 10.7 Å². The molecular formula is C19H17N3O6S. The molecule has 0 N–H and O–H groups in total. The molecule has 0 fully saturated rings. The van der Waals surface area contributed by atoms with Gasteiger partial charge in [0, 0.05) is 17.8 Å². The molecule has 0 atom stereocenters. The minimum absolute atomic E-state index is 0.0554. The van der Waals surface area contributed by atoms with Crippen LogP contribution in [0.5, 0.6) is 17.2 Å². The highest BCUT2D eigenvalue weighted by atomic mass is 32.1. The Morgan fingerprint density at radius 1 is 1.31 bits per heavy atom. The molecule has 0 radical (unpaired) electrons. The maximum absolute atomic E-state index is 12.1. The molecule has 3 aromatic rings. The van der Waals surface area contributed by atoms with Gasteiger partial charge in [0.1, 0.15) is 19.8 Å². The standard InChI is InChI=1S/C19H17N3O6S/c1-11-7-16(23)22-19(20-11)29-15(21-22)10-28-17(24)4-3-12-8-13(25-2)18-14(9-12)26-5-6-27-18/h3-4,7-9H,5-6,10H2,1-2H3/b4-3+. The number of carbonyl (C=O) groups is 1. The lowest BCUT2D eigenvalue weighted by molar-refractivity contribution is -0.138. The second-order valence-electron chi connectivity index (χ2n) is 6.11. The number of hydrogen-bond donors (Lipinski definition) is 0. The first-order valence-electron chi connectivity index (χ1n) is 8.72. The smallest absolute Gasteiger partial charge is 0.331 e. The SMILES string of the molecule is COc1cc(/C=C/C(=O)OCc2nn3c(=O)cc(C)nc3s2)cc2c1OCCO2. The molecule has 0 amide bonds. The average molecular weight is 415 g/mol. The quantitative estimate of drug-likeness (QED) is 0.461. The zero-order valence-corrected chi connectivity index (χ0v) is 16.5. The summed E-state index contributed by atoms with van der Waals surface area (Å²) in [5, 5.41) is 4.60. The molecule has 29 heavy (non-hydrogen) atoms. The number of methoxy groups -OCH3 is 1. The summed E-state index contributed by atoms with van der Waals surface area (Å²) >= 11 is 1.19. The fourth-order valence-electron chi connectivity index (χ4n) is 2.75. The molecule has 0 aliphatic carbocycles. The maximum Gasteiger partial charge on any atom is 0.331 e. The van der Waals surface area contributed by atoms with Crippen molar-refractivity contribution in [2.45, 2.75) is 13.5 Å². The number of esters is 1. The summed E-state index contributed by atoms with van der Waals surface area (Å²) in [5.74, 6) is 1.09. The third-order valence-electron chi connectivity index (χ3n) is 4.02. The van der Waals surface area contributed by atoms with Crippen molar-refractivity contribution >= 4 is 28.3 Å². The molecule has 3 heterocycles. The summed E-state index contributed by atoms with van der Waals surface area (Å²) in [4.78, 5) is 28.6. The van der Waals surface area contributed by atoms with Crippen LogP contribution in [0.15, 0.2) is 29.1 Å². The number of carbonyl (C=O) groups excluding carboxylic acids is 1. The van der Waals surface area contributed by atoms with Gasteiger partial charge in [-0.05, 0) is 30.7 Å². The van der Waals surface area contributed by atoms with Crippen molar-refractivity contribution in [3.8, 4) is 17.2 Å². The van der Waals surface area contributed by atoms with Crippen LogP contribution >= 0.6 is 11.3 Å². The van der Waals surface area contributed by atoms with E-state index in [1.807, 2.05) is 0 Å². The predicted octanol–water partition coefficient (Wildman–Crippen LogP) is 2.00.